The van der Waals surface area contributed by atoms with Crippen LogP contribution in [0.15, 0.2) is 59.8 Å². The Balaban J connectivity index is 1.83. The van der Waals surface area contributed by atoms with Crippen molar-refractivity contribution < 1.29 is 14.3 Å². The Morgan fingerprint density at radius 3 is 2.60 bits per heavy atom. The Morgan fingerprint density at radius 2 is 1.88 bits per heavy atom. The molecule has 0 aliphatic carbocycles. The first-order chi connectivity index (χ1) is 12.0. The molecule has 0 radical (unpaired) electrons. The molecule has 1 atom stereocenters. The Bertz CT molecular complexity index is 901. The van der Waals surface area contributed by atoms with Gasteiger partial charge >= 0.3 is 5.97 Å². The van der Waals surface area contributed by atoms with Crippen molar-refractivity contribution in [3.63, 3.8) is 0 Å². The van der Waals surface area contributed by atoms with Crippen molar-refractivity contribution in [2.45, 2.75) is 19.3 Å². The first-order valence-corrected chi connectivity index (χ1v) is 8.47. The molecule has 2 heterocycles. The molecule has 0 unspecified atom stereocenters. The minimum atomic E-state index is -0.357. The Labute approximate surface area is 150 Å². The first kappa shape index (κ1) is 15.9. The van der Waals surface area contributed by atoms with Crippen LogP contribution in [-0.4, -0.2) is 18.5 Å². The summed E-state index contributed by atoms with van der Waals surface area (Å²) in [7, 11) is 0. The summed E-state index contributed by atoms with van der Waals surface area (Å²) in [5.41, 5.74) is 3.91. The molecule has 0 N–H and O–H groups in total. The lowest BCUT2D eigenvalue weighted by molar-refractivity contribution is -0.136. The maximum atomic E-state index is 12.9. The summed E-state index contributed by atoms with van der Waals surface area (Å²) in [6.07, 6.45) is 0.210. The molecule has 2 aromatic rings. The van der Waals surface area contributed by atoms with E-state index in [0.717, 1.165) is 16.8 Å². The number of cyclic esters (lactones) is 1. The molecule has 0 aromatic heterocycles. The molecule has 5 heteroatoms. The maximum absolute atomic E-state index is 12.9. The van der Waals surface area contributed by atoms with E-state index in [-0.39, 0.29) is 30.8 Å². The van der Waals surface area contributed by atoms with E-state index in [1.807, 2.05) is 43.3 Å². The van der Waals surface area contributed by atoms with Crippen LogP contribution in [0.3, 0.4) is 0 Å². The van der Waals surface area contributed by atoms with E-state index in [1.165, 1.54) is 0 Å². The summed E-state index contributed by atoms with van der Waals surface area (Å²) < 4.78 is 5.27. The van der Waals surface area contributed by atoms with Crippen molar-refractivity contribution in [1.82, 2.24) is 0 Å². The van der Waals surface area contributed by atoms with Gasteiger partial charge in [0.05, 0.1) is 11.3 Å². The minimum Gasteiger partial charge on any atom is -0.456 e. The van der Waals surface area contributed by atoms with Crippen molar-refractivity contribution in [3.8, 4) is 0 Å². The molecule has 1 amide bonds. The van der Waals surface area contributed by atoms with Crippen LogP contribution in [0.5, 0.6) is 0 Å². The summed E-state index contributed by atoms with van der Waals surface area (Å²) in [6.45, 7) is 2.11. The summed E-state index contributed by atoms with van der Waals surface area (Å²) in [6, 6.07) is 15.0. The van der Waals surface area contributed by atoms with Crippen LogP contribution < -0.4 is 4.90 Å². The van der Waals surface area contributed by atoms with Gasteiger partial charge in [-0.05, 0) is 36.8 Å². The number of rotatable bonds is 2. The van der Waals surface area contributed by atoms with Crippen molar-refractivity contribution in [3.05, 3.63) is 76.0 Å². The molecular formula is C20H16ClNO3. The van der Waals surface area contributed by atoms with E-state index in [0.29, 0.717) is 16.3 Å². The van der Waals surface area contributed by atoms with Gasteiger partial charge < -0.3 is 4.74 Å². The second-order valence-electron chi connectivity index (χ2n) is 6.31. The van der Waals surface area contributed by atoms with Crippen LogP contribution >= 0.6 is 11.6 Å². The van der Waals surface area contributed by atoms with Crippen LogP contribution in [0.25, 0.3) is 0 Å². The number of aryl methyl sites for hydroxylation is 1. The Hall–Kier alpha value is -2.59. The number of ether oxygens (including phenoxy) is 1. The van der Waals surface area contributed by atoms with Crippen molar-refractivity contribution >= 4 is 29.2 Å². The third-order valence-corrected chi connectivity index (χ3v) is 4.90. The topological polar surface area (TPSA) is 46.6 Å². The fourth-order valence-corrected chi connectivity index (χ4v) is 3.65. The van der Waals surface area contributed by atoms with Gasteiger partial charge in [-0.15, -0.1) is 0 Å². The van der Waals surface area contributed by atoms with Crippen LogP contribution in [-0.2, 0) is 14.3 Å². The Kier molecular flexibility index (Phi) is 3.85. The van der Waals surface area contributed by atoms with Gasteiger partial charge in [0.1, 0.15) is 6.61 Å². The molecule has 25 heavy (non-hydrogen) atoms. The van der Waals surface area contributed by atoms with Crippen LogP contribution in [0.2, 0.25) is 5.02 Å². The standard InChI is InChI=1S/C20H16ClNO3/c1-12-5-7-15(8-6-12)22-17-11-25-20(24)19(17)16(10-18(22)23)13-3-2-4-14(21)9-13/h2-9,16H,10-11H2,1H3/t16-/m1/s1. The maximum Gasteiger partial charge on any atom is 0.336 e. The molecule has 4 rings (SSSR count). The highest BCUT2D eigenvalue weighted by molar-refractivity contribution is 6.30. The molecular weight excluding hydrogens is 338 g/mol. The monoisotopic (exact) mass is 353 g/mol. The normalized spacial score (nSPS) is 19.9. The zero-order valence-electron chi connectivity index (χ0n) is 13.7. The Morgan fingerprint density at radius 1 is 1.12 bits per heavy atom. The smallest absolute Gasteiger partial charge is 0.336 e. The first-order valence-electron chi connectivity index (χ1n) is 8.10. The fraction of sp³-hybridized carbons (Fsp3) is 0.200. The number of benzene rings is 2. The largest absolute Gasteiger partial charge is 0.456 e. The van der Waals surface area contributed by atoms with Gasteiger partial charge in [-0.2, -0.15) is 0 Å². The molecule has 0 fully saturated rings. The number of esters is 1. The second kappa shape index (κ2) is 6.05. The molecule has 0 bridgehead atoms. The summed E-state index contributed by atoms with van der Waals surface area (Å²) in [5, 5.41) is 0.583. The predicted molar refractivity (Wildman–Crippen MR) is 95.5 cm³/mol. The van der Waals surface area contributed by atoms with Gasteiger partial charge in [0.25, 0.3) is 0 Å². The molecule has 2 aromatic carbocycles. The number of nitrogens with zero attached hydrogens (tertiary/aromatic N) is 1. The molecule has 0 saturated carbocycles. The summed E-state index contributed by atoms with van der Waals surface area (Å²) >= 11 is 6.09. The minimum absolute atomic E-state index is 0.0501. The SMILES string of the molecule is Cc1ccc(N2C(=O)C[C@H](c3cccc(Cl)c3)C3=C2COC3=O)cc1. The van der Waals surface area contributed by atoms with Crippen molar-refractivity contribution in [2.75, 3.05) is 11.5 Å². The van der Waals surface area contributed by atoms with Gasteiger partial charge in [-0.25, -0.2) is 4.79 Å². The van der Waals surface area contributed by atoms with E-state index in [4.69, 9.17) is 16.3 Å². The molecule has 0 saturated heterocycles. The number of hydrogen-bond acceptors (Lipinski definition) is 3. The number of amides is 1. The predicted octanol–water partition coefficient (Wildman–Crippen LogP) is 3.98. The highest BCUT2D eigenvalue weighted by atomic mass is 35.5. The number of anilines is 1. The number of hydrogen-bond donors (Lipinski definition) is 0. The third kappa shape index (κ3) is 2.72. The number of carbonyl (C=O) groups excluding carboxylic acids is 2. The third-order valence-electron chi connectivity index (χ3n) is 4.66. The number of carbonyl (C=O) groups is 2. The molecule has 126 valence electrons. The zero-order valence-corrected chi connectivity index (χ0v) is 14.4. The van der Waals surface area contributed by atoms with Crippen LogP contribution in [0.1, 0.15) is 23.5 Å². The van der Waals surface area contributed by atoms with E-state index < -0.39 is 0 Å². The average molecular weight is 354 g/mol. The number of halogens is 1. The lowest BCUT2D eigenvalue weighted by atomic mass is 9.84. The molecule has 2 aliphatic rings. The van der Waals surface area contributed by atoms with E-state index in [2.05, 4.69) is 0 Å². The summed E-state index contributed by atoms with van der Waals surface area (Å²) in [4.78, 5) is 26.9. The van der Waals surface area contributed by atoms with E-state index in [1.54, 1.807) is 17.0 Å². The average Bonchev–Trinajstić information content (AvgIpc) is 2.97. The molecule has 0 spiro atoms. The second-order valence-corrected chi connectivity index (χ2v) is 6.75. The van der Waals surface area contributed by atoms with E-state index >= 15 is 0 Å². The molecule has 2 aliphatic heterocycles. The van der Waals surface area contributed by atoms with Gasteiger partial charge in [0.2, 0.25) is 5.91 Å². The van der Waals surface area contributed by atoms with Crippen LogP contribution in [0.4, 0.5) is 5.69 Å². The molecule has 4 nitrogen and oxygen atoms in total. The summed E-state index contributed by atoms with van der Waals surface area (Å²) in [5.74, 6) is -0.728. The van der Waals surface area contributed by atoms with Crippen LogP contribution in [0, 0.1) is 6.92 Å². The van der Waals surface area contributed by atoms with Crippen molar-refractivity contribution in [2.24, 2.45) is 0 Å². The highest BCUT2D eigenvalue weighted by Crippen LogP contribution is 2.42. The fourth-order valence-electron chi connectivity index (χ4n) is 3.46. The van der Waals surface area contributed by atoms with Gasteiger partial charge in [-0.3, -0.25) is 9.69 Å². The quantitative estimate of drug-likeness (QED) is 0.767. The highest BCUT2D eigenvalue weighted by Gasteiger charge is 2.42. The van der Waals surface area contributed by atoms with E-state index in [9.17, 15) is 9.59 Å². The van der Waals surface area contributed by atoms with Crippen molar-refractivity contribution in [1.29, 1.82) is 0 Å². The lowest BCUT2D eigenvalue weighted by Crippen LogP contribution is -2.37. The lowest BCUT2D eigenvalue weighted by Gasteiger charge is -2.32. The van der Waals surface area contributed by atoms with Gasteiger partial charge in [0, 0.05) is 23.0 Å². The zero-order chi connectivity index (χ0) is 17.6. The van der Waals surface area contributed by atoms with Gasteiger partial charge in [-0.1, -0.05) is 41.4 Å². The van der Waals surface area contributed by atoms with Gasteiger partial charge in [0.15, 0.2) is 0 Å².